The number of nitrogens with zero attached hydrogens (tertiary/aromatic N) is 3. The van der Waals surface area contributed by atoms with Crippen molar-refractivity contribution in [2.45, 2.75) is 31.8 Å². The first-order valence-corrected chi connectivity index (χ1v) is 7.09. The highest BCUT2D eigenvalue weighted by molar-refractivity contribution is 5.84. The van der Waals surface area contributed by atoms with Crippen LogP contribution in [0.5, 0.6) is 0 Å². The number of carbonyl (C=O) groups is 2. The lowest BCUT2D eigenvalue weighted by molar-refractivity contribution is -0.152. The van der Waals surface area contributed by atoms with E-state index in [2.05, 4.69) is 5.10 Å². The maximum atomic E-state index is 12.4. The molecule has 1 atom stereocenters. The van der Waals surface area contributed by atoms with Gasteiger partial charge in [0.05, 0.1) is 5.52 Å². The number of likely N-dealkylation sites (tertiary alicyclic amines) is 1. The largest absolute Gasteiger partial charge is 0.480 e. The lowest BCUT2D eigenvalue weighted by atomic mass is 10.0. The van der Waals surface area contributed by atoms with Crippen LogP contribution in [-0.4, -0.2) is 44.3 Å². The van der Waals surface area contributed by atoms with Crippen molar-refractivity contribution >= 4 is 22.8 Å². The predicted molar refractivity (Wildman–Crippen MR) is 76.7 cm³/mol. The van der Waals surface area contributed by atoms with Gasteiger partial charge >= 0.3 is 5.97 Å². The minimum atomic E-state index is -0.923. The summed E-state index contributed by atoms with van der Waals surface area (Å²) in [7, 11) is 0. The molecular weight excluding hydrogens is 270 g/mol. The van der Waals surface area contributed by atoms with Gasteiger partial charge in [0.15, 0.2) is 0 Å². The highest BCUT2D eigenvalue weighted by atomic mass is 16.4. The molecule has 1 aromatic heterocycles. The van der Waals surface area contributed by atoms with Crippen molar-refractivity contribution in [3.8, 4) is 0 Å². The molecule has 110 valence electrons. The molecule has 0 aliphatic carbocycles. The molecule has 1 aliphatic rings. The summed E-state index contributed by atoms with van der Waals surface area (Å²) < 4.78 is 1.58. The molecule has 1 amide bonds. The topological polar surface area (TPSA) is 75.4 Å². The second-order valence-corrected chi connectivity index (χ2v) is 5.32. The molecule has 1 fully saturated rings. The van der Waals surface area contributed by atoms with Crippen LogP contribution >= 0.6 is 0 Å². The Balaban J connectivity index is 1.76. The van der Waals surface area contributed by atoms with Gasteiger partial charge in [0.2, 0.25) is 5.91 Å². The number of amides is 1. The van der Waals surface area contributed by atoms with Crippen LogP contribution < -0.4 is 0 Å². The predicted octanol–water partition coefficient (Wildman–Crippen LogP) is 1.50. The molecule has 21 heavy (non-hydrogen) atoms. The second kappa shape index (κ2) is 5.55. The number of carbonyl (C=O) groups excluding carboxylic acids is 1. The number of hydrogen-bond acceptors (Lipinski definition) is 3. The summed E-state index contributed by atoms with van der Waals surface area (Å²) in [6, 6.07) is 6.94. The van der Waals surface area contributed by atoms with Crippen LogP contribution in [0.25, 0.3) is 10.9 Å². The Kier molecular flexibility index (Phi) is 3.60. The third-order valence-electron chi connectivity index (χ3n) is 3.87. The zero-order valence-electron chi connectivity index (χ0n) is 11.6. The van der Waals surface area contributed by atoms with Gasteiger partial charge in [-0.3, -0.25) is 9.48 Å². The number of hydrogen-bond donors (Lipinski definition) is 1. The fraction of sp³-hybridized carbons (Fsp3) is 0.400. The quantitative estimate of drug-likeness (QED) is 0.928. The molecule has 0 radical (unpaired) electrons. The maximum Gasteiger partial charge on any atom is 0.326 e. The summed E-state index contributed by atoms with van der Waals surface area (Å²) in [5.74, 6) is -1.11. The molecule has 0 bridgehead atoms. The Bertz CT molecular complexity index is 647. The summed E-state index contributed by atoms with van der Waals surface area (Å²) >= 11 is 0. The molecule has 0 spiro atoms. The van der Waals surface area contributed by atoms with Crippen molar-refractivity contribution in [3.05, 3.63) is 30.5 Å². The van der Waals surface area contributed by atoms with Crippen molar-refractivity contribution in [2.75, 3.05) is 6.54 Å². The first kappa shape index (κ1) is 13.6. The average Bonchev–Trinajstić information content (AvgIpc) is 2.89. The maximum absolute atomic E-state index is 12.4. The Morgan fingerprint density at radius 3 is 2.86 bits per heavy atom. The Morgan fingerprint density at radius 2 is 2.10 bits per heavy atom. The van der Waals surface area contributed by atoms with Crippen molar-refractivity contribution < 1.29 is 14.7 Å². The molecule has 2 heterocycles. The van der Waals surface area contributed by atoms with Gasteiger partial charge in [0, 0.05) is 18.1 Å². The lowest BCUT2D eigenvalue weighted by Gasteiger charge is -2.32. The van der Waals surface area contributed by atoms with E-state index >= 15 is 0 Å². The van der Waals surface area contributed by atoms with E-state index in [0.29, 0.717) is 13.0 Å². The standard InChI is InChI=1S/C15H17N3O3/c19-14(18-8-4-3-7-13(18)15(20)21)10-17-9-11-5-1-2-6-12(11)16-17/h1-2,5-6,9,13H,3-4,7-8,10H2,(H,20,21). The molecule has 1 unspecified atom stereocenters. The van der Waals surface area contributed by atoms with Crippen molar-refractivity contribution in [2.24, 2.45) is 0 Å². The van der Waals surface area contributed by atoms with Crippen LogP contribution in [0, 0.1) is 0 Å². The molecule has 1 saturated heterocycles. The highest BCUT2D eigenvalue weighted by Crippen LogP contribution is 2.18. The van der Waals surface area contributed by atoms with Crippen molar-refractivity contribution in [1.82, 2.24) is 14.7 Å². The fourth-order valence-corrected chi connectivity index (χ4v) is 2.81. The molecule has 2 aromatic rings. The third-order valence-corrected chi connectivity index (χ3v) is 3.87. The van der Waals surface area contributed by atoms with Crippen LogP contribution in [-0.2, 0) is 16.1 Å². The molecule has 0 saturated carbocycles. The van der Waals surface area contributed by atoms with Crippen LogP contribution in [0.15, 0.2) is 30.5 Å². The smallest absolute Gasteiger partial charge is 0.326 e. The van der Waals surface area contributed by atoms with Gasteiger partial charge in [0.25, 0.3) is 0 Å². The number of piperidine rings is 1. The number of benzene rings is 1. The van der Waals surface area contributed by atoms with E-state index < -0.39 is 12.0 Å². The Morgan fingerprint density at radius 1 is 1.29 bits per heavy atom. The summed E-state index contributed by atoms with van der Waals surface area (Å²) in [5.41, 5.74) is 0.832. The van der Waals surface area contributed by atoms with Crippen LogP contribution in [0.3, 0.4) is 0 Å². The van der Waals surface area contributed by atoms with E-state index in [1.807, 2.05) is 30.5 Å². The van der Waals surface area contributed by atoms with Gasteiger partial charge in [-0.15, -0.1) is 0 Å². The molecule has 6 heteroatoms. The number of fused-ring (bicyclic) bond motifs is 1. The minimum absolute atomic E-state index is 0.0818. The number of carboxylic acids is 1. The van der Waals surface area contributed by atoms with Gasteiger partial charge in [-0.1, -0.05) is 18.2 Å². The fourth-order valence-electron chi connectivity index (χ4n) is 2.81. The van der Waals surface area contributed by atoms with Gasteiger partial charge in [-0.05, 0) is 25.3 Å². The van der Waals surface area contributed by atoms with Gasteiger partial charge in [-0.2, -0.15) is 5.10 Å². The minimum Gasteiger partial charge on any atom is -0.480 e. The second-order valence-electron chi connectivity index (χ2n) is 5.32. The summed E-state index contributed by atoms with van der Waals surface area (Å²) in [6.07, 6.45) is 4.05. The zero-order chi connectivity index (χ0) is 14.8. The Labute approximate surface area is 122 Å². The SMILES string of the molecule is O=C(O)C1CCCCN1C(=O)Cn1cc2ccccc2n1. The molecule has 1 aliphatic heterocycles. The normalized spacial score (nSPS) is 18.9. The highest BCUT2D eigenvalue weighted by Gasteiger charge is 2.31. The summed E-state index contributed by atoms with van der Waals surface area (Å²) in [6.45, 7) is 0.592. The van der Waals surface area contributed by atoms with Crippen molar-refractivity contribution in [1.29, 1.82) is 0 Å². The van der Waals surface area contributed by atoms with E-state index in [0.717, 1.165) is 23.7 Å². The molecule has 1 aromatic carbocycles. The van der Waals surface area contributed by atoms with Crippen molar-refractivity contribution in [3.63, 3.8) is 0 Å². The van der Waals surface area contributed by atoms with E-state index in [-0.39, 0.29) is 12.5 Å². The first-order valence-electron chi connectivity index (χ1n) is 7.09. The van der Waals surface area contributed by atoms with Crippen LogP contribution in [0.2, 0.25) is 0 Å². The third kappa shape index (κ3) is 2.74. The van der Waals surface area contributed by atoms with E-state index in [1.54, 1.807) is 4.68 Å². The monoisotopic (exact) mass is 287 g/mol. The molecule has 1 N–H and O–H groups in total. The zero-order valence-corrected chi connectivity index (χ0v) is 11.6. The molecule has 6 nitrogen and oxygen atoms in total. The van der Waals surface area contributed by atoms with Gasteiger partial charge < -0.3 is 10.0 Å². The van der Waals surface area contributed by atoms with E-state index in [1.165, 1.54) is 4.90 Å². The molecule has 3 rings (SSSR count). The Hall–Kier alpha value is -2.37. The van der Waals surface area contributed by atoms with Crippen LogP contribution in [0.1, 0.15) is 19.3 Å². The summed E-state index contributed by atoms with van der Waals surface area (Å²) in [4.78, 5) is 25.1. The number of carboxylic acid groups (broad SMARTS) is 1. The van der Waals surface area contributed by atoms with Crippen LogP contribution in [0.4, 0.5) is 0 Å². The van der Waals surface area contributed by atoms with Gasteiger partial charge in [0.1, 0.15) is 12.6 Å². The number of aromatic nitrogens is 2. The summed E-state index contributed by atoms with van der Waals surface area (Å²) in [5, 5.41) is 14.5. The number of aliphatic carboxylic acids is 1. The molecular formula is C15H17N3O3. The van der Waals surface area contributed by atoms with E-state index in [4.69, 9.17) is 0 Å². The van der Waals surface area contributed by atoms with E-state index in [9.17, 15) is 14.7 Å². The first-order chi connectivity index (χ1) is 10.1. The lowest BCUT2D eigenvalue weighted by Crippen LogP contribution is -2.49. The average molecular weight is 287 g/mol. The number of rotatable bonds is 3. The van der Waals surface area contributed by atoms with Gasteiger partial charge in [-0.25, -0.2) is 4.79 Å².